The molecule has 4 aliphatic carbocycles. The van der Waals surface area contributed by atoms with Gasteiger partial charge >= 0.3 is 6.09 Å². The van der Waals surface area contributed by atoms with Crippen molar-refractivity contribution in [3.63, 3.8) is 0 Å². The number of ether oxygens (including phenoxy) is 1. The summed E-state index contributed by atoms with van der Waals surface area (Å²) in [7, 11) is 0. The van der Waals surface area contributed by atoms with Gasteiger partial charge < -0.3 is 25.7 Å². The van der Waals surface area contributed by atoms with Crippen molar-refractivity contribution in [1.29, 1.82) is 0 Å². The van der Waals surface area contributed by atoms with E-state index in [2.05, 4.69) is 20.9 Å². The molecule has 11 nitrogen and oxygen atoms in total. The molecule has 4 aliphatic rings. The Morgan fingerprint density at radius 3 is 2.26 bits per heavy atom. The Labute approximate surface area is 268 Å². The Kier molecular flexibility index (Phi) is 9.30. The summed E-state index contributed by atoms with van der Waals surface area (Å²) in [4.78, 5) is 55.1. The first kappa shape index (κ1) is 31.6. The van der Waals surface area contributed by atoms with Gasteiger partial charge in [-0.15, -0.1) is 0 Å². The van der Waals surface area contributed by atoms with Crippen molar-refractivity contribution >= 4 is 34.7 Å². The largest absolute Gasteiger partial charge is 0.446 e. The van der Waals surface area contributed by atoms with Gasteiger partial charge in [-0.1, -0.05) is 48.5 Å². The summed E-state index contributed by atoms with van der Waals surface area (Å²) in [6, 6.07) is 16.4. The van der Waals surface area contributed by atoms with E-state index in [1.165, 1.54) is 11.9 Å². The van der Waals surface area contributed by atoms with Crippen molar-refractivity contribution in [2.45, 2.75) is 76.0 Å². The van der Waals surface area contributed by atoms with Crippen molar-refractivity contribution in [2.75, 3.05) is 6.54 Å². The number of fused-ring (bicyclic) bond motifs is 1. The minimum atomic E-state index is -1.38. The second kappa shape index (κ2) is 13.5. The van der Waals surface area contributed by atoms with E-state index >= 15 is 0 Å². The third kappa shape index (κ3) is 7.04. The molecule has 4 saturated carbocycles. The average molecular weight is 630 g/mol. The van der Waals surface area contributed by atoms with Crippen LogP contribution >= 0.6 is 0 Å². The molecule has 0 spiro atoms. The lowest BCUT2D eigenvalue weighted by atomic mass is 9.55. The second-order valence-electron chi connectivity index (χ2n) is 13.6. The summed E-state index contributed by atoms with van der Waals surface area (Å²) >= 11 is 0. The molecule has 6 N–H and O–H groups in total. The van der Waals surface area contributed by atoms with E-state index in [-0.39, 0.29) is 31.9 Å². The van der Waals surface area contributed by atoms with Gasteiger partial charge in [0.2, 0.25) is 17.7 Å². The average Bonchev–Trinajstić information content (AvgIpc) is 3.45. The van der Waals surface area contributed by atoms with E-state index in [1.807, 2.05) is 60.8 Å². The maximum atomic E-state index is 14.1. The zero-order valence-electron chi connectivity index (χ0n) is 26.1. The van der Waals surface area contributed by atoms with Crippen molar-refractivity contribution < 1.29 is 29.1 Å². The SMILES string of the molecule is CC(Cc1c[nH]c2ccccc12)(NC(=O)OC1C2CC3CC(C2)CC1C3)C(=O)NC[C@@H](NC(=O)CCC(=O)NO)c1ccccc1. The highest BCUT2D eigenvalue weighted by Gasteiger charge is 2.50. The van der Waals surface area contributed by atoms with Gasteiger partial charge in [0.15, 0.2) is 0 Å². The number of para-hydroxylation sites is 1. The number of aromatic nitrogens is 1. The Morgan fingerprint density at radius 1 is 0.913 bits per heavy atom. The molecule has 46 heavy (non-hydrogen) atoms. The Morgan fingerprint density at radius 2 is 1.57 bits per heavy atom. The number of hydroxylamine groups is 1. The highest BCUT2D eigenvalue weighted by atomic mass is 16.6. The minimum Gasteiger partial charge on any atom is -0.446 e. The fourth-order valence-corrected chi connectivity index (χ4v) is 8.16. The molecule has 4 amide bonds. The summed E-state index contributed by atoms with van der Waals surface area (Å²) in [5, 5.41) is 18.5. The minimum absolute atomic E-state index is 0.0382. The fraction of sp³-hybridized carbons (Fsp3) is 0.486. The summed E-state index contributed by atoms with van der Waals surface area (Å²) < 4.78 is 6.14. The lowest BCUT2D eigenvalue weighted by molar-refractivity contribution is -0.132. The highest BCUT2D eigenvalue weighted by molar-refractivity contribution is 5.91. The molecule has 1 heterocycles. The topological polar surface area (TPSA) is 162 Å². The maximum Gasteiger partial charge on any atom is 0.408 e. The monoisotopic (exact) mass is 629 g/mol. The van der Waals surface area contributed by atoms with Crippen molar-refractivity contribution in [2.24, 2.45) is 23.7 Å². The van der Waals surface area contributed by atoms with Gasteiger partial charge in [-0.25, -0.2) is 10.3 Å². The van der Waals surface area contributed by atoms with Gasteiger partial charge in [0.25, 0.3) is 0 Å². The summed E-state index contributed by atoms with van der Waals surface area (Å²) in [6.45, 7) is 1.74. The number of alkyl carbamates (subject to hydrolysis) is 1. The van der Waals surface area contributed by atoms with Crippen LogP contribution in [-0.4, -0.2) is 52.2 Å². The van der Waals surface area contributed by atoms with Crippen LogP contribution in [0, 0.1) is 23.7 Å². The molecule has 3 aromatic rings. The van der Waals surface area contributed by atoms with Crippen molar-refractivity contribution in [3.8, 4) is 0 Å². The molecule has 7 rings (SSSR count). The van der Waals surface area contributed by atoms with E-state index in [0.717, 1.165) is 59.5 Å². The number of aromatic amines is 1. The number of nitrogens with one attached hydrogen (secondary N) is 5. The molecule has 11 heteroatoms. The van der Waals surface area contributed by atoms with E-state index in [1.54, 1.807) is 6.92 Å². The number of carbonyl (C=O) groups excluding carboxylic acids is 4. The lowest BCUT2D eigenvalue weighted by Gasteiger charge is -2.53. The first-order valence-electron chi connectivity index (χ1n) is 16.3. The van der Waals surface area contributed by atoms with Crippen LogP contribution in [0.2, 0.25) is 0 Å². The van der Waals surface area contributed by atoms with E-state index in [9.17, 15) is 19.2 Å². The standard InChI is InChI=1S/C35H43N5O6/c1-35(18-26-19-36-28-10-6-5-9-27(26)28,39-34(44)46-32-24-14-21-13-22(16-24)17-25(32)15-21)33(43)37-20-29(23-7-3-2-4-8-23)38-30(41)11-12-31(42)40-45/h2-10,19,21-22,24-25,29,32,36,45H,11-18,20H2,1H3,(H,37,43)(H,38,41)(H,39,44)(H,40,42)/t21?,22?,24?,25?,29-,32?,35?/m1/s1. The third-order valence-electron chi connectivity index (χ3n) is 10.2. The Bertz CT molecular complexity index is 1550. The van der Waals surface area contributed by atoms with Gasteiger partial charge in [0.05, 0.1) is 6.04 Å². The zero-order chi connectivity index (χ0) is 32.3. The fourth-order valence-electron chi connectivity index (χ4n) is 8.16. The summed E-state index contributed by atoms with van der Waals surface area (Å²) in [5.41, 5.74) is 2.71. The van der Waals surface area contributed by atoms with E-state index in [0.29, 0.717) is 11.8 Å². The molecule has 0 aliphatic heterocycles. The molecule has 0 radical (unpaired) electrons. The lowest BCUT2D eigenvalue weighted by Crippen LogP contribution is -2.60. The first-order valence-corrected chi connectivity index (χ1v) is 16.3. The molecule has 1 aromatic heterocycles. The van der Waals surface area contributed by atoms with E-state index in [4.69, 9.17) is 9.94 Å². The number of benzene rings is 2. The van der Waals surface area contributed by atoms with Gasteiger partial charge in [0.1, 0.15) is 11.6 Å². The quantitative estimate of drug-likeness (QED) is 0.130. The normalized spacial score (nSPS) is 24.9. The van der Waals surface area contributed by atoms with Crippen LogP contribution in [0.4, 0.5) is 4.79 Å². The molecule has 0 saturated heterocycles. The molecule has 4 bridgehead atoms. The first-order chi connectivity index (χ1) is 22.2. The van der Waals surface area contributed by atoms with Crippen molar-refractivity contribution in [3.05, 3.63) is 71.9 Å². The van der Waals surface area contributed by atoms with Gasteiger partial charge in [-0.2, -0.15) is 0 Å². The maximum absolute atomic E-state index is 14.1. The van der Waals surface area contributed by atoms with Gasteiger partial charge in [-0.05, 0) is 79.9 Å². The number of carbonyl (C=O) groups is 4. The summed E-state index contributed by atoms with van der Waals surface area (Å²) in [6.07, 6.45) is 6.75. The second-order valence-corrected chi connectivity index (χ2v) is 13.6. The van der Waals surface area contributed by atoms with Crippen LogP contribution in [0.5, 0.6) is 0 Å². The number of rotatable bonds is 12. The van der Waals surface area contributed by atoms with Crippen LogP contribution in [-0.2, 0) is 25.5 Å². The zero-order valence-corrected chi connectivity index (χ0v) is 26.1. The smallest absolute Gasteiger partial charge is 0.408 e. The van der Waals surface area contributed by atoms with Crippen LogP contribution in [0.3, 0.4) is 0 Å². The molecule has 2 atom stereocenters. The van der Waals surface area contributed by atoms with E-state index < -0.39 is 35.4 Å². The molecular weight excluding hydrogens is 586 g/mol. The molecular formula is C35H43N5O6. The van der Waals surface area contributed by atoms with Crippen LogP contribution in [0.15, 0.2) is 60.8 Å². The van der Waals surface area contributed by atoms with Crippen LogP contribution in [0.1, 0.15) is 69.0 Å². The number of amides is 4. The Balaban J connectivity index is 1.18. The number of H-pyrrole nitrogens is 1. The predicted molar refractivity (Wildman–Crippen MR) is 170 cm³/mol. The van der Waals surface area contributed by atoms with Crippen molar-refractivity contribution in [1.82, 2.24) is 26.4 Å². The Hall–Kier alpha value is -4.38. The third-order valence-corrected chi connectivity index (χ3v) is 10.2. The number of hydrogen-bond donors (Lipinski definition) is 6. The van der Waals surface area contributed by atoms with Crippen LogP contribution < -0.4 is 21.4 Å². The van der Waals surface area contributed by atoms with Gasteiger partial charge in [0, 0.05) is 42.9 Å². The summed E-state index contributed by atoms with van der Waals surface area (Å²) in [5.74, 6) is 0.755. The molecule has 1 unspecified atom stereocenters. The van der Waals surface area contributed by atoms with Gasteiger partial charge in [-0.3, -0.25) is 19.6 Å². The predicted octanol–water partition coefficient (Wildman–Crippen LogP) is 4.28. The molecule has 244 valence electrons. The molecule has 4 fully saturated rings. The highest BCUT2D eigenvalue weighted by Crippen LogP contribution is 2.54. The molecule has 2 aromatic carbocycles. The number of hydrogen-bond acceptors (Lipinski definition) is 6. The van der Waals surface area contributed by atoms with Crippen LogP contribution in [0.25, 0.3) is 10.9 Å².